The highest BCUT2D eigenvalue weighted by molar-refractivity contribution is 5.80. The van der Waals surface area contributed by atoms with Gasteiger partial charge in [-0.25, -0.2) is 4.68 Å². The fourth-order valence-electron chi connectivity index (χ4n) is 3.04. The number of amides is 1. The van der Waals surface area contributed by atoms with Gasteiger partial charge in [-0.3, -0.25) is 4.79 Å². The maximum atomic E-state index is 12.4. The second-order valence-electron chi connectivity index (χ2n) is 6.38. The molecule has 1 amide bonds. The maximum Gasteiger partial charge on any atom is 0.227 e. The number of nitrogens with zero attached hydrogens (tertiary/aromatic N) is 5. The summed E-state index contributed by atoms with van der Waals surface area (Å²) in [6.07, 6.45) is 2.27. The van der Waals surface area contributed by atoms with E-state index in [0.29, 0.717) is 25.3 Å². The van der Waals surface area contributed by atoms with E-state index in [0.717, 1.165) is 22.5 Å². The van der Waals surface area contributed by atoms with Gasteiger partial charge in [0.2, 0.25) is 5.91 Å². The van der Waals surface area contributed by atoms with Gasteiger partial charge in [-0.1, -0.05) is 40.7 Å². The Kier molecular flexibility index (Phi) is 3.83. The number of carbonyl (C=O) groups is 1. The second kappa shape index (κ2) is 6.16. The molecule has 0 atom stereocenters. The fourth-order valence-corrected chi connectivity index (χ4v) is 3.04. The first-order valence-electron chi connectivity index (χ1n) is 8.28. The molecule has 3 aromatic rings. The lowest BCUT2D eigenvalue weighted by molar-refractivity contribution is -0.136. The lowest BCUT2D eigenvalue weighted by atomic mass is 10.1. The number of hydrogen-bond acceptors (Lipinski definition) is 5. The summed E-state index contributed by atoms with van der Waals surface area (Å²) in [7, 11) is 0. The van der Waals surface area contributed by atoms with Crippen LogP contribution in [0, 0.1) is 13.8 Å². The number of hydrogen-bond donors (Lipinski definition) is 0. The van der Waals surface area contributed by atoms with Gasteiger partial charge in [0.15, 0.2) is 0 Å². The number of likely N-dealkylation sites (tertiary alicyclic amines) is 1. The first kappa shape index (κ1) is 15.6. The van der Waals surface area contributed by atoms with E-state index in [9.17, 15) is 4.79 Å². The van der Waals surface area contributed by atoms with Gasteiger partial charge in [-0.15, -0.1) is 5.10 Å². The summed E-state index contributed by atoms with van der Waals surface area (Å²) >= 11 is 0. The molecule has 7 heteroatoms. The van der Waals surface area contributed by atoms with Crippen molar-refractivity contribution < 1.29 is 9.32 Å². The smallest absolute Gasteiger partial charge is 0.227 e. The molecule has 1 aromatic carbocycles. The highest BCUT2D eigenvalue weighted by atomic mass is 16.5. The average Bonchev–Trinajstić information content (AvgIpc) is 3.17. The lowest BCUT2D eigenvalue weighted by Crippen LogP contribution is -2.51. The molecule has 0 radical (unpaired) electrons. The van der Waals surface area contributed by atoms with E-state index in [-0.39, 0.29) is 11.9 Å². The van der Waals surface area contributed by atoms with Crippen LogP contribution in [0.1, 0.15) is 23.1 Å². The number of aromatic nitrogens is 4. The van der Waals surface area contributed by atoms with Gasteiger partial charge in [-0.2, -0.15) is 0 Å². The van der Waals surface area contributed by atoms with Crippen LogP contribution in [0.25, 0.3) is 11.3 Å². The normalized spacial score (nSPS) is 14.6. The molecule has 3 heterocycles. The molecule has 25 heavy (non-hydrogen) atoms. The van der Waals surface area contributed by atoms with Gasteiger partial charge < -0.3 is 9.42 Å². The van der Waals surface area contributed by atoms with Crippen LogP contribution >= 0.6 is 0 Å². The molecule has 7 nitrogen and oxygen atoms in total. The molecule has 128 valence electrons. The summed E-state index contributed by atoms with van der Waals surface area (Å²) in [4.78, 5) is 14.2. The Morgan fingerprint density at radius 1 is 1.24 bits per heavy atom. The first-order chi connectivity index (χ1) is 12.1. The monoisotopic (exact) mass is 337 g/mol. The minimum absolute atomic E-state index is 0.0917. The van der Waals surface area contributed by atoms with Crippen molar-refractivity contribution >= 4 is 5.91 Å². The highest BCUT2D eigenvalue weighted by Gasteiger charge is 2.33. The predicted molar refractivity (Wildman–Crippen MR) is 90.8 cm³/mol. The summed E-state index contributed by atoms with van der Waals surface area (Å²) < 4.78 is 6.97. The van der Waals surface area contributed by atoms with Crippen molar-refractivity contribution in [2.45, 2.75) is 26.3 Å². The highest BCUT2D eigenvalue weighted by Crippen LogP contribution is 2.24. The molecule has 0 saturated carbocycles. The Morgan fingerprint density at radius 2 is 2.00 bits per heavy atom. The van der Waals surface area contributed by atoms with Crippen LogP contribution in [0.5, 0.6) is 0 Å². The molecule has 0 unspecified atom stereocenters. The van der Waals surface area contributed by atoms with Crippen molar-refractivity contribution in [1.29, 1.82) is 0 Å². The van der Waals surface area contributed by atoms with Gasteiger partial charge in [0.25, 0.3) is 0 Å². The molecule has 1 aliphatic rings. The Balaban J connectivity index is 1.38. The number of aryl methyl sites for hydroxylation is 2. The van der Waals surface area contributed by atoms with Gasteiger partial charge in [0.1, 0.15) is 11.5 Å². The van der Waals surface area contributed by atoms with Crippen LogP contribution < -0.4 is 0 Å². The van der Waals surface area contributed by atoms with Gasteiger partial charge in [0.05, 0.1) is 24.4 Å². The third kappa shape index (κ3) is 2.93. The second-order valence-corrected chi connectivity index (χ2v) is 6.38. The molecule has 2 aromatic heterocycles. The van der Waals surface area contributed by atoms with Crippen LogP contribution in [-0.2, 0) is 11.2 Å². The molecule has 0 aliphatic carbocycles. The summed E-state index contributed by atoms with van der Waals surface area (Å²) in [5.41, 5.74) is 3.56. The van der Waals surface area contributed by atoms with E-state index >= 15 is 0 Å². The standard InChI is InChI=1S/C18H19N5O2/c1-12-16(13(2)25-20-12)8-18(24)22-9-15(10-22)23-11-17(19-21-23)14-6-4-3-5-7-14/h3-7,11,15H,8-10H2,1-2H3. The average molecular weight is 337 g/mol. The quantitative estimate of drug-likeness (QED) is 0.729. The van der Waals surface area contributed by atoms with Crippen molar-refractivity contribution in [2.24, 2.45) is 0 Å². The minimum Gasteiger partial charge on any atom is -0.361 e. The summed E-state index contributed by atoms with van der Waals surface area (Å²) in [6.45, 7) is 5.00. The Morgan fingerprint density at radius 3 is 2.68 bits per heavy atom. The summed E-state index contributed by atoms with van der Waals surface area (Å²) in [6, 6.07) is 10.1. The van der Waals surface area contributed by atoms with E-state index in [1.54, 1.807) is 0 Å². The van der Waals surface area contributed by atoms with Gasteiger partial charge in [0, 0.05) is 24.2 Å². The number of benzene rings is 1. The molecule has 0 bridgehead atoms. The topological polar surface area (TPSA) is 77.0 Å². The molecule has 1 aliphatic heterocycles. The molecule has 1 fully saturated rings. The predicted octanol–water partition coefficient (Wildman–Crippen LogP) is 2.18. The van der Waals surface area contributed by atoms with Crippen molar-refractivity contribution in [3.63, 3.8) is 0 Å². The summed E-state index contributed by atoms with van der Waals surface area (Å²) in [5.74, 6) is 0.806. The van der Waals surface area contributed by atoms with Crippen LogP contribution in [-0.4, -0.2) is 44.0 Å². The first-order valence-corrected chi connectivity index (χ1v) is 8.28. The molecular weight excluding hydrogens is 318 g/mol. The van der Waals surface area contributed by atoms with Crippen LogP contribution in [0.2, 0.25) is 0 Å². The fraction of sp³-hybridized carbons (Fsp3) is 0.333. The van der Waals surface area contributed by atoms with E-state index in [1.165, 1.54) is 0 Å². The van der Waals surface area contributed by atoms with Crippen LogP contribution in [0.3, 0.4) is 0 Å². The molecule has 0 N–H and O–H groups in total. The Bertz CT molecular complexity index is 874. The van der Waals surface area contributed by atoms with E-state index in [2.05, 4.69) is 15.5 Å². The molecular formula is C18H19N5O2. The Labute approximate surface area is 145 Å². The summed E-state index contributed by atoms with van der Waals surface area (Å²) in [5, 5.41) is 12.3. The SMILES string of the molecule is Cc1noc(C)c1CC(=O)N1CC(n2cc(-c3ccccc3)nn2)C1. The zero-order valence-electron chi connectivity index (χ0n) is 14.2. The van der Waals surface area contributed by atoms with Crippen LogP contribution in [0.15, 0.2) is 41.1 Å². The van der Waals surface area contributed by atoms with E-state index < -0.39 is 0 Å². The molecule has 1 saturated heterocycles. The lowest BCUT2D eigenvalue weighted by Gasteiger charge is -2.38. The maximum absolute atomic E-state index is 12.4. The van der Waals surface area contributed by atoms with Crippen LogP contribution in [0.4, 0.5) is 0 Å². The zero-order chi connectivity index (χ0) is 17.4. The number of carbonyl (C=O) groups excluding carboxylic acids is 1. The Hall–Kier alpha value is -2.96. The van der Waals surface area contributed by atoms with Crippen molar-refractivity contribution in [2.75, 3.05) is 13.1 Å². The largest absolute Gasteiger partial charge is 0.361 e. The minimum atomic E-state index is 0.0917. The van der Waals surface area contributed by atoms with E-state index in [4.69, 9.17) is 4.52 Å². The van der Waals surface area contributed by atoms with Gasteiger partial charge in [-0.05, 0) is 13.8 Å². The van der Waals surface area contributed by atoms with Crippen molar-refractivity contribution in [1.82, 2.24) is 25.1 Å². The third-order valence-corrected chi connectivity index (χ3v) is 4.68. The van der Waals surface area contributed by atoms with E-state index in [1.807, 2.05) is 60.0 Å². The number of rotatable bonds is 4. The van der Waals surface area contributed by atoms with Crippen molar-refractivity contribution in [3.05, 3.63) is 53.5 Å². The van der Waals surface area contributed by atoms with Gasteiger partial charge >= 0.3 is 0 Å². The molecule has 4 rings (SSSR count). The van der Waals surface area contributed by atoms with Crippen molar-refractivity contribution in [3.8, 4) is 11.3 Å². The zero-order valence-corrected chi connectivity index (χ0v) is 14.2. The molecule has 0 spiro atoms. The third-order valence-electron chi connectivity index (χ3n) is 4.68.